The monoisotopic (exact) mass is 635 g/mol. The van der Waals surface area contributed by atoms with Gasteiger partial charge in [-0.25, -0.2) is 13.8 Å². The van der Waals surface area contributed by atoms with Gasteiger partial charge in [0.2, 0.25) is 0 Å². The Morgan fingerprint density at radius 1 is 0.929 bits per heavy atom. The van der Waals surface area contributed by atoms with Crippen LogP contribution in [0.15, 0.2) is 107 Å². The molecule has 0 aliphatic rings. The molecule has 1 amide bonds. The molecule has 0 saturated carbocycles. The summed E-state index contributed by atoms with van der Waals surface area (Å²) < 4.78 is 73.3. The van der Waals surface area contributed by atoms with Crippen molar-refractivity contribution in [2.24, 2.45) is 5.10 Å². The van der Waals surface area contributed by atoms with E-state index in [0.717, 1.165) is 17.7 Å². The highest BCUT2D eigenvalue weighted by molar-refractivity contribution is 7.92. The first-order valence-electron chi connectivity index (χ1n) is 12.2. The zero-order valence-electron chi connectivity index (χ0n) is 21.6. The third-order valence-electron chi connectivity index (χ3n) is 5.76. The Labute approximate surface area is 250 Å². The second-order valence-corrected chi connectivity index (χ2v) is 11.5. The number of ether oxygens (including phenoxy) is 1. The second kappa shape index (κ2) is 13.3. The number of hydrazone groups is 1. The van der Waals surface area contributed by atoms with Crippen molar-refractivity contribution >= 4 is 51.0 Å². The fourth-order valence-electron chi connectivity index (χ4n) is 3.64. The molecule has 4 aromatic rings. The maximum absolute atomic E-state index is 13.4. The standard InChI is InChI=1S/C29H22Cl2F3N3O4S/c30-23-11-6-21(7-12-23)19-41-24-13-8-20(9-14-24)17-35-36-28(38)18-37(42(39,40)25-4-2-1-3-5-25)27-16-22(29(32,33)34)10-15-26(27)31/h1-17H,18-19H2,(H,36,38)/b35-17-. The fraction of sp³-hybridized carbons (Fsp3) is 0.103. The molecule has 0 aromatic heterocycles. The van der Waals surface area contributed by atoms with Gasteiger partial charge in [-0.15, -0.1) is 0 Å². The van der Waals surface area contributed by atoms with Crippen molar-refractivity contribution in [3.63, 3.8) is 0 Å². The van der Waals surface area contributed by atoms with E-state index in [1.54, 1.807) is 42.5 Å². The van der Waals surface area contributed by atoms with Crippen LogP contribution in [-0.2, 0) is 27.6 Å². The number of hydrogen-bond acceptors (Lipinski definition) is 5. The molecule has 0 spiro atoms. The number of amides is 1. The molecule has 0 fully saturated rings. The lowest BCUT2D eigenvalue weighted by Crippen LogP contribution is -2.40. The normalized spacial score (nSPS) is 11.8. The highest BCUT2D eigenvalue weighted by atomic mass is 35.5. The topological polar surface area (TPSA) is 88.1 Å². The van der Waals surface area contributed by atoms with Gasteiger partial charge in [-0.05, 0) is 77.9 Å². The summed E-state index contributed by atoms with van der Waals surface area (Å²) in [7, 11) is -4.50. The maximum Gasteiger partial charge on any atom is 0.416 e. The lowest BCUT2D eigenvalue weighted by molar-refractivity contribution is -0.137. The summed E-state index contributed by atoms with van der Waals surface area (Å²) in [6.07, 6.45) is -3.46. The number of rotatable bonds is 10. The van der Waals surface area contributed by atoms with E-state index in [9.17, 15) is 26.4 Å². The van der Waals surface area contributed by atoms with Crippen LogP contribution in [0.4, 0.5) is 18.9 Å². The maximum atomic E-state index is 13.4. The Bertz CT molecular complexity index is 1670. The molecule has 0 aliphatic heterocycles. The minimum Gasteiger partial charge on any atom is -0.489 e. The van der Waals surface area contributed by atoms with Gasteiger partial charge in [0.15, 0.2) is 0 Å². The number of alkyl halides is 3. The van der Waals surface area contributed by atoms with Gasteiger partial charge in [0.05, 0.1) is 27.4 Å². The van der Waals surface area contributed by atoms with Gasteiger partial charge in [-0.2, -0.15) is 18.3 Å². The molecule has 0 unspecified atom stereocenters. The largest absolute Gasteiger partial charge is 0.489 e. The van der Waals surface area contributed by atoms with Crippen LogP contribution < -0.4 is 14.5 Å². The Kier molecular flexibility index (Phi) is 9.77. The van der Waals surface area contributed by atoms with Gasteiger partial charge in [0.1, 0.15) is 18.9 Å². The quantitative estimate of drug-likeness (QED) is 0.151. The zero-order chi connectivity index (χ0) is 30.3. The number of nitrogens with one attached hydrogen (secondary N) is 1. The number of sulfonamides is 1. The molecule has 1 N–H and O–H groups in total. The van der Waals surface area contributed by atoms with E-state index in [0.29, 0.717) is 33.3 Å². The summed E-state index contributed by atoms with van der Waals surface area (Å²) in [6.45, 7) is -0.563. The lowest BCUT2D eigenvalue weighted by Gasteiger charge is -2.25. The van der Waals surface area contributed by atoms with Crippen LogP contribution in [0.2, 0.25) is 10.0 Å². The zero-order valence-corrected chi connectivity index (χ0v) is 23.9. The number of hydrogen-bond donors (Lipinski definition) is 1. The van der Waals surface area contributed by atoms with E-state index >= 15 is 0 Å². The third kappa shape index (κ3) is 8.03. The highest BCUT2D eigenvalue weighted by Crippen LogP contribution is 2.37. The predicted molar refractivity (Wildman–Crippen MR) is 155 cm³/mol. The van der Waals surface area contributed by atoms with Crippen LogP contribution in [0.3, 0.4) is 0 Å². The van der Waals surface area contributed by atoms with E-state index in [1.165, 1.54) is 30.5 Å². The predicted octanol–water partition coefficient (Wildman–Crippen LogP) is 6.94. The van der Waals surface area contributed by atoms with Crippen molar-refractivity contribution in [1.82, 2.24) is 5.43 Å². The molecular formula is C29H22Cl2F3N3O4S. The molecule has 0 saturated heterocycles. The minimum absolute atomic E-state index is 0.242. The van der Waals surface area contributed by atoms with Crippen molar-refractivity contribution < 1.29 is 31.1 Å². The Balaban J connectivity index is 1.47. The number of carbonyl (C=O) groups is 1. The smallest absolute Gasteiger partial charge is 0.416 e. The molecule has 42 heavy (non-hydrogen) atoms. The number of benzene rings is 4. The van der Waals surface area contributed by atoms with Gasteiger partial charge >= 0.3 is 6.18 Å². The van der Waals surface area contributed by atoms with Crippen molar-refractivity contribution in [3.8, 4) is 5.75 Å². The second-order valence-electron chi connectivity index (χ2n) is 8.77. The molecule has 4 aromatic carbocycles. The average Bonchev–Trinajstić information content (AvgIpc) is 2.96. The van der Waals surface area contributed by atoms with Gasteiger partial charge in [-0.3, -0.25) is 9.10 Å². The van der Waals surface area contributed by atoms with Gasteiger partial charge in [0, 0.05) is 5.02 Å². The summed E-state index contributed by atoms with van der Waals surface area (Å²) in [6, 6.07) is 23.2. The number of carbonyl (C=O) groups excluding carboxylic acids is 1. The van der Waals surface area contributed by atoms with Gasteiger partial charge in [0.25, 0.3) is 15.9 Å². The molecule has 13 heteroatoms. The minimum atomic E-state index is -4.77. The first kappa shape index (κ1) is 30.9. The van der Waals surface area contributed by atoms with Gasteiger partial charge in [-0.1, -0.05) is 53.5 Å². The third-order valence-corrected chi connectivity index (χ3v) is 8.11. The molecular weight excluding hydrogens is 614 g/mol. The molecule has 0 heterocycles. The number of anilines is 1. The first-order chi connectivity index (χ1) is 19.9. The molecule has 0 aliphatic carbocycles. The molecule has 0 radical (unpaired) electrons. The summed E-state index contributed by atoms with van der Waals surface area (Å²) in [4.78, 5) is 12.5. The van der Waals surface area contributed by atoms with Crippen molar-refractivity contribution in [1.29, 1.82) is 0 Å². The summed E-state index contributed by atoms with van der Waals surface area (Å²) >= 11 is 12.0. The molecule has 0 atom stereocenters. The summed E-state index contributed by atoms with van der Waals surface area (Å²) in [5.41, 5.74) is 2.08. The van der Waals surface area contributed by atoms with Crippen molar-refractivity contribution in [2.45, 2.75) is 17.7 Å². The van der Waals surface area contributed by atoms with Crippen LogP contribution in [-0.4, -0.2) is 27.1 Å². The van der Waals surface area contributed by atoms with E-state index < -0.39 is 39.9 Å². The number of nitrogens with zero attached hydrogens (tertiary/aromatic N) is 2. The van der Waals surface area contributed by atoms with Crippen LogP contribution >= 0.6 is 23.2 Å². The fourth-order valence-corrected chi connectivity index (χ4v) is 5.49. The van der Waals surface area contributed by atoms with E-state index in [1.807, 2.05) is 12.1 Å². The lowest BCUT2D eigenvalue weighted by atomic mass is 10.2. The average molecular weight is 636 g/mol. The summed E-state index contributed by atoms with van der Waals surface area (Å²) in [5, 5.41) is 4.17. The highest BCUT2D eigenvalue weighted by Gasteiger charge is 2.34. The van der Waals surface area contributed by atoms with Crippen molar-refractivity contribution in [3.05, 3.63) is 124 Å². The molecule has 4 rings (SSSR count). The van der Waals surface area contributed by atoms with Crippen LogP contribution in [0.25, 0.3) is 0 Å². The van der Waals surface area contributed by atoms with Crippen LogP contribution in [0.5, 0.6) is 5.75 Å². The first-order valence-corrected chi connectivity index (χ1v) is 14.4. The molecule has 218 valence electrons. The SMILES string of the molecule is O=C(CN(c1cc(C(F)(F)F)ccc1Cl)S(=O)(=O)c1ccccc1)N/N=C\c1ccc(OCc2ccc(Cl)cc2)cc1. The Hall–Kier alpha value is -4.06. The van der Waals surface area contributed by atoms with E-state index in [2.05, 4.69) is 10.5 Å². The Morgan fingerprint density at radius 3 is 2.24 bits per heavy atom. The van der Waals surface area contributed by atoms with Gasteiger partial charge < -0.3 is 4.74 Å². The van der Waals surface area contributed by atoms with E-state index in [-0.39, 0.29) is 9.92 Å². The van der Waals surface area contributed by atoms with Crippen LogP contribution in [0, 0.1) is 0 Å². The Morgan fingerprint density at radius 2 is 1.60 bits per heavy atom. The van der Waals surface area contributed by atoms with E-state index in [4.69, 9.17) is 27.9 Å². The van der Waals surface area contributed by atoms with Crippen LogP contribution in [0.1, 0.15) is 16.7 Å². The summed E-state index contributed by atoms with van der Waals surface area (Å²) in [5.74, 6) is -0.326. The molecule has 7 nitrogen and oxygen atoms in total. The van der Waals surface area contributed by atoms with Crippen molar-refractivity contribution in [2.75, 3.05) is 10.8 Å². The molecule has 0 bridgehead atoms. The number of halogens is 5.